The van der Waals surface area contributed by atoms with Gasteiger partial charge in [-0.25, -0.2) is 0 Å². The van der Waals surface area contributed by atoms with Crippen LogP contribution in [-0.4, -0.2) is 20.4 Å². The van der Waals surface area contributed by atoms with Crippen molar-refractivity contribution in [2.45, 2.75) is 32.0 Å². The molecule has 56 valence electrons. The molecule has 1 fully saturated rings. The molecule has 0 spiro atoms. The average Bonchev–Trinajstić information content (AvgIpc) is 1.65. The molecule has 1 heterocycles. The van der Waals surface area contributed by atoms with Gasteiger partial charge in [-0.05, 0) is 25.6 Å². The van der Waals surface area contributed by atoms with Crippen LogP contribution in [0.5, 0.6) is 0 Å². The van der Waals surface area contributed by atoms with Gasteiger partial charge in [-0.1, -0.05) is 6.42 Å². The molecule has 0 amide bonds. The van der Waals surface area contributed by atoms with Crippen LogP contribution in [0.2, 0.25) is 19.1 Å². The SMILES string of the molecule is C[Si]1(C)CCCCO1.O. The summed E-state index contributed by atoms with van der Waals surface area (Å²) in [5, 5.41) is 0. The van der Waals surface area contributed by atoms with Crippen molar-refractivity contribution in [3.05, 3.63) is 0 Å². The van der Waals surface area contributed by atoms with E-state index in [2.05, 4.69) is 13.1 Å². The highest BCUT2D eigenvalue weighted by molar-refractivity contribution is 6.71. The molecule has 3 heteroatoms. The van der Waals surface area contributed by atoms with Crippen LogP contribution >= 0.6 is 0 Å². The zero-order valence-electron chi connectivity index (χ0n) is 6.24. The van der Waals surface area contributed by atoms with Crippen LogP contribution in [-0.2, 0) is 4.43 Å². The second-order valence-corrected chi connectivity index (χ2v) is 7.37. The van der Waals surface area contributed by atoms with Crippen molar-refractivity contribution >= 4 is 8.32 Å². The Bertz CT molecular complexity index is 75.1. The third-order valence-electron chi connectivity index (χ3n) is 1.67. The minimum Gasteiger partial charge on any atom is -0.417 e. The molecule has 0 aliphatic carbocycles. The lowest BCUT2D eigenvalue weighted by Crippen LogP contribution is -2.33. The highest BCUT2D eigenvalue weighted by atomic mass is 28.4. The van der Waals surface area contributed by atoms with Crippen molar-refractivity contribution in [2.75, 3.05) is 6.61 Å². The Kier molecular flexibility index (Phi) is 3.39. The van der Waals surface area contributed by atoms with Gasteiger partial charge in [-0.2, -0.15) is 0 Å². The normalized spacial score (nSPS) is 24.7. The van der Waals surface area contributed by atoms with Gasteiger partial charge in [-0.15, -0.1) is 0 Å². The summed E-state index contributed by atoms with van der Waals surface area (Å²) in [5.74, 6) is 0. The van der Waals surface area contributed by atoms with Gasteiger partial charge in [0.1, 0.15) is 0 Å². The molecule has 0 unspecified atom stereocenters. The molecule has 2 nitrogen and oxygen atoms in total. The third kappa shape index (κ3) is 2.98. The van der Waals surface area contributed by atoms with Gasteiger partial charge in [0.15, 0.2) is 8.32 Å². The second kappa shape index (κ2) is 3.34. The van der Waals surface area contributed by atoms with Crippen molar-refractivity contribution < 1.29 is 9.90 Å². The molecule has 2 N–H and O–H groups in total. The molecule has 0 atom stereocenters. The van der Waals surface area contributed by atoms with E-state index in [-0.39, 0.29) is 5.48 Å². The van der Waals surface area contributed by atoms with Gasteiger partial charge in [-0.3, -0.25) is 0 Å². The van der Waals surface area contributed by atoms with Crippen molar-refractivity contribution in [1.82, 2.24) is 0 Å². The summed E-state index contributed by atoms with van der Waals surface area (Å²) in [6.45, 7) is 5.62. The van der Waals surface area contributed by atoms with Crippen LogP contribution in [0.3, 0.4) is 0 Å². The maximum atomic E-state index is 5.60. The number of hydrogen-bond acceptors (Lipinski definition) is 1. The lowest BCUT2D eigenvalue weighted by atomic mass is 10.4. The monoisotopic (exact) mass is 148 g/mol. The Morgan fingerprint density at radius 3 is 2.11 bits per heavy atom. The minimum atomic E-state index is -1.09. The fraction of sp³-hybridized carbons (Fsp3) is 1.00. The molecule has 0 saturated carbocycles. The molecule has 1 aliphatic rings. The maximum absolute atomic E-state index is 5.60. The number of hydrogen-bond donors (Lipinski definition) is 0. The predicted molar refractivity (Wildman–Crippen MR) is 41.1 cm³/mol. The van der Waals surface area contributed by atoms with Crippen molar-refractivity contribution in [3.8, 4) is 0 Å². The Morgan fingerprint density at radius 1 is 1.22 bits per heavy atom. The molecular weight excluding hydrogens is 132 g/mol. The van der Waals surface area contributed by atoms with E-state index in [9.17, 15) is 0 Å². The van der Waals surface area contributed by atoms with Crippen LogP contribution in [0.15, 0.2) is 0 Å². The first kappa shape index (κ1) is 9.14. The zero-order chi connectivity index (χ0) is 6.04. The lowest BCUT2D eigenvalue weighted by Gasteiger charge is -2.27. The topological polar surface area (TPSA) is 40.7 Å². The average molecular weight is 148 g/mol. The van der Waals surface area contributed by atoms with Crippen LogP contribution < -0.4 is 0 Å². The van der Waals surface area contributed by atoms with E-state index >= 15 is 0 Å². The van der Waals surface area contributed by atoms with Gasteiger partial charge in [0.25, 0.3) is 0 Å². The summed E-state index contributed by atoms with van der Waals surface area (Å²) in [7, 11) is -1.09. The van der Waals surface area contributed by atoms with Crippen molar-refractivity contribution in [1.29, 1.82) is 0 Å². The zero-order valence-corrected chi connectivity index (χ0v) is 7.24. The predicted octanol–water partition coefficient (Wildman–Crippen LogP) is 1.18. The fourth-order valence-corrected chi connectivity index (χ4v) is 3.02. The van der Waals surface area contributed by atoms with Crippen LogP contribution in [0.4, 0.5) is 0 Å². The third-order valence-corrected chi connectivity index (χ3v) is 4.21. The van der Waals surface area contributed by atoms with E-state index < -0.39 is 8.32 Å². The molecule has 0 aromatic carbocycles. The molecule has 9 heavy (non-hydrogen) atoms. The Morgan fingerprint density at radius 2 is 1.89 bits per heavy atom. The van der Waals surface area contributed by atoms with E-state index in [0.29, 0.717) is 0 Å². The summed E-state index contributed by atoms with van der Waals surface area (Å²) >= 11 is 0. The molecular formula is C6H16O2Si. The van der Waals surface area contributed by atoms with Crippen LogP contribution in [0, 0.1) is 0 Å². The highest BCUT2D eigenvalue weighted by Crippen LogP contribution is 2.20. The molecule has 0 bridgehead atoms. The van der Waals surface area contributed by atoms with E-state index in [1.165, 1.54) is 18.9 Å². The standard InChI is InChI=1S/C6H14OSi.H2O/c1-8(2)6-4-3-5-7-8;/h3-6H2,1-2H3;1H2. The molecule has 0 aromatic rings. The summed E-state index contributed by atoms with van der Waals surface area (Å²) in [6.07, 6.45) is 2.69. The highest BCUT2D eigenvalue weighted by Gasteiger charge is 2.24. The molecule has 1 saturated heterocycles. The van der Waals surface area contributed by atoms with Crippen LogP contribution in [0.1, 0.15) is 12.8 Å². The van der Waals surface area contributed by atoms with Gasteiger partial charge < -0.3 is 9.90 Å². The first-order valence-corrected chi connectivity index (χ1v) is 6.46. The Balaban J connectivity index is 0.000000640. The van der Waals surface area contributed by atoms with E-state index in [1.54, 1.807) is 0 Å². The largest absolute Gasteiger partial charge is 0.417 e. The van der Waals surface area contributed by atoms with E-state index in [4.69, 9.17) is 4.43 Å². The summed E-state index contributed by atoms with van der Waals surface area (Å²) in [5.41, 5.74) is 0. The quantitative estimate of drug-likeness (QED) is 0.475. The van der Waals surface area contributed by atoms with Gasteiger partial charge >= 0.3 is 0 Å². The summed E-state index contributed by atoms with van der Waals surface area (Å²) < 4.78 is 5.60. The minimum absolute atomic E-state index is 0. The van der Waals surface area contributed by atoms with Crippen LogP contribution in [0.25, 0.3) is 0 Å². The van der Waals surface area contributed by atoms with Crippen molar-refractivity contribution in [2.24, 2.45) is 0 Å². The number of rotatable bonds is 0. The smallest absolute Gasteiger partial charge is 0.186 e. The van der Waals surface area contributed by atoms with Gasteiger partial charge in [0.05, 0.1) is 0 Å². The summed E-state index contributed by atoms with van der Waals surface area (Å²) in [6, 6.07) is 1.37. The lowest BCUT2D eigenvalue weighted by molar-refractivity contribution is 0.275. The van der Waals surface area contributed by atoms with E-state index in [0.717, 1.165) is 6.61 Å². The Labute approximate surface area is 57.7 Å². The molecule has 1 rings (SSSR count). The van der Waals surface area contributed by atoms with E-state index in [1.807, 2.05) is 0 Å². The molecule has 0 aromatic heterocycles. The van der Waals surface area contributed by atoms with Gasteiger partial charge in [0.2, 0.25) is 0 Å². The maximum Gasteiger partial charge on any atom is 0.186 e. The molecule has 0 radical (unpaired) electrons. The first-order chi connectivity index (χ1) is 3.71. The Hall–Kier alpha value is 0.137. The first-order valence-electron chi connectivity index (χ1n) is 3.35. The fourth-order valence-electron chi connectivity index (χ4n) is 1.07. The summed E-state index contributed by atoms with van der Waals surface area (Å²) in [4.78, 5) is 0. The second-order valence-electron chi connectivity index (χ2n) is 3.07. The van der Waals surface area contributed by atoms with Gasteiger partial charge in [0, 0.05) is 6.61 Å². The van der Waals surface area contributed by atoms with Crippen molar-refractivity contribution in [3.63, 3.8) is 0 Å². The molecule has 1 aliphatic heterocycles.